The molecule has 1 aliphatic carbocycles. The van der Waals surface area contributed by atoms with Crippen molar-refractivity contribution in [2.45, 2.75) is 38.6 Å². The van der Waals surface area contributed by atoms with E-state index in [0.717, 1.165) is 5.69 Å². The van der Waals surface area contributed by atoms with E-state index in [1.54, 1.807) is 24.4 Å². The zero-order valence-electron chi connectivity index (χ0n) is 15.9. The normalized spacial score (nSPS) is 19.0. The van der Waals surface area contributed by atoms with Crippen LogP contribution in [0.4, 0.5) is 4.39 Å². The molecule has 0 bridgehead atoms. The lowest BCUT2D eigenvalue weighted by Gasteiger charge is -2.27. The number of amides is 2. The van der Waals surface area contributed by atoms with Gasteiger partial charge < -0.3 is 10.6 Å². The summed E-state index contributed by atoms with van der Waals surface area (Å²) in [6, 6.07) is 12.2. The first-order chi connectivity index (χ1) is 13.6. The number of halogens is 1. The van der Waals surface area contributed by atoms with Crippen LogP contribution in [0.3, 0.4) is 0 Å². The minimum Gasteiger partial charge on any atom is -0.356 e. The van der Waals surface area contributed by atoms with Crippen molar-refractivity contribution in [2.75, 3.05) is 6.54 Å². The van der Waals surface area contributed by atoms with E-state index in [0.29, 0.717) is 50.8 Å². The lowest BCUT2D eigenvalue weighted by molar-refractivity contribution is -0.130. The van der Waals surface area contributed by atoms with Crippen molar-refractivity contribution in [1.82, 2.24) is 15.6 Å². The quantitative estimate of drug-likeness (QED) is 0.772. The van der Waals surface area contributed by atoms with Gasteiger partial charge in [0.05, 0.1) is 12.2 Å². The fraction of sp³-hybridized carbons (Fsp3) is 0.409. The number of nitrogens with zero attached hydrogens (tertiary/aromatic N) is 1. The van der Waals surface area contributed by atoms with Gasteiger partial charge in [-0.05, 0) is 55.9 Å². The molecule has 1 heterocycles. The highest BCUT2D eigenvalue weighted by atomic mass is 19.1. The molecule has 2 amide bonds. The molecule has 3 rings (SSSR count). The molecule has 0 radical (unpaired) electrons. The Kier molecular flexibility index (Phi) is 7.12. The molecule has 148 valence electrons. The maximum absolute atomic E-state index is 13.6. The van der Waals surface area contributed by atoms with E-state index in [-0.39, 0.29) is 29.5 Å². The molecule has 6 heteroatoms. The number of hydrogen-bond donors (Lipinski definition) is 2. The van der Waals surface area contributed by atoms with Crippen molar-refractivity contribution in [2.24, 2.45) is 11.8 Å². The number of hydrogen-bond acceptors (Lipinski definition) is 3. The minimum atomic E-state index is -0.242. The molecule has 0 spiro atoms. The Bertz CT molecular complexity index is 789. The Morgan fingerprint density at radius 1 is 0.929 bits per heavy atom. The average molecular weight is 383 g/mol. The molecular weight excluding hydrogens is 357 g/mol. The van der Waals surface area contributed by atoms with Crippen LogP contribution in [0, 0.1) is 17.7 Å². The zero-order chi connectivity index (χ0) is 19.8. The van der Waals surface area contributed by atoms with Gasteiger partial charge in [-0.25, -0.2) is 4.39 Å². The predicted molar refractivity (Wildman–Crippen MR) is 105 cm³/mol. The summed E-state index contributed by atoms with van der Waals surface area (Å²) in [5.74, 6) is -0.326. The lowest BCUT2D eigenvalue weighted by atomic mass is 9.81. The first-order valence-corrected chi connectivity index (χ1v) is 9.82. The summed E-state index contributed by atoms with van der Waals surface area (Å²) in [6.07, 6.45) is 5.00. The maximum Gasteiger partial charge on any atom is 0.223 e. The Morgan fingerprint density at radius 2 is 1.57 bits per heavy atom. The molecule has 1 saturated carbocycles. The van der Waals surface area contributed by atoms with Crippen LogP contribution in [0.2, 0.25) is 0 Å². The van der Waals surface area contributed by atoms with Gasteiger partial charge in [-0.1, -0.05) is 24.3 Å². The molecule has 1 aromatic carbocycles. The van der Waals surface area contributed by atoms with Crippen LogP contribution in [0.1, 0.15) is 36.9 Å². The fourth-order valence-corrected chi connectivity index (χ4v) is 3.61. The van der Waals surface area contributed by atoms with Gasteiger partial charge in [-0.15, -0.1) is 0 Å². The summed E-state index contributed by atoms with van der Waals surface area (Å²) in [5.41, 5.74) is 1.44. The molecule has 0 atom stereocenters. The van der Waals surface area contributed by atoms with Gasteiger partial charge in [0, 0.05) is 24.6 Å². The zero-order valence-corrected chi connectivity index (χ0v) is 15.9. The molecular formula is C22H26FN3O2. The second-order valence-corrected chi connectivity index (χ2v) is 7.22. The number of pyridine rings is 1. The van der Waals surface area contributed by atoms with Crippen molar-refractivity contribution in [3.8, 4) is 0 Å². The van der Waals surface area contributed by atoms with Gasteiger partial charge in [-0.3, -0.25) is 14.6 Å². The molecule has 0 saturated heterocycles. The third kappa shape index (κ3) is 5.62. The maximum atomic E-state index is 13.6. The van der Waals surface area contributed by atoms with Gasteiger partial charge in [0.2, 0.25) is 11.8 Å². The first kappa shape index (κ1) is 20.0. The van der Waals surface area contributed by atoms with E-state index in [4.69, 9.17) is 0 Å². The van der Waals surface area contributed by atoms with Crippen molar-refractivity contribution in [3.63, 3.8) is 0 Å². The Labute approximate surface area is 164 Å². The number of rotatable bonds is 7. The summed E-state index contributed by atoms with van der Waals surface area (Å²) >= 11 is 0. The summed E-state index contributed by atoms with van der Waals surface area (Å²) in [6.45, 7) is 0.848. The number of carbonyl (C=O) groups excluding carboxylic acids is 2. The average Bonchev–Trinajstić information content (AvgIpc) is 2.74. The predicted octanol–water partition coefficient (Wildman–Crippen LogP) is 3.00. The standard InChI is InChI=1S/C22H26FN3O2/c23-20-7-2-1-5-16(20)12-14-25-21(27)17-8-10-18(11-9-17)22(28)26-15-19-6-3-4-13-24-19/h1-7,13,17-18H,8-12,14-15H2,(H,25,27)(H,26,28). The fourth-order valence-electron chi connectivity index (χ4n) is 3.61. The number of aromatic nitrogens is 1. The second kappa shape index (κ2) is 9.97. The van der Waals surface area contributed by atoms with Crippen molar-refractivity contribution >= 4 is 11.8 Å². The van der Waals surface area contributed by atoms with Crippen LogP contribution >= 0.6 is 0 Å². The summed E-state index contributed by atoms with van der Waals surface area (Å²) < 4.78 is 13.6. The minimum absolute atomic E-state index is 0.00341. The van der Waals surface area contributed by atoms with E-state index >= 15 is 0 Å². The van der Waals surface area contributed by atoms with Gasteiger partial charge in [-0.2, -0.15) is 0 Å². The van der Waals surface area contributed by atoms with Crippen molar-refractivity contribution in [3.05, 3.63) is 65.7 Å². The molecule has 1 fully saturated rings. The molecule has 2 N–H and O–H groups in total. The topological polar surface area (TPSA) is 71.1 Å². The molecule has 0 aliphatic heterocycles. The third-order valence-electron chi connectivity index (χ3n) is 5.29. The highest BCUT2D eigenvalue weighted by molar-refractivity contribution is 5.81. The van der Waals surface area contributed by atoms with Gasteiger partial charge >= 0.3 is 0 Å². The summed E-state index contributed by atoms with van der Waals surface area (Å²) in [7, 11) is 0. The molecule has 1 aliphatic rings. The van der Waals surface area contributed by atoms with Crippen molar-refractivity contribution in [1.29, 1.82) is 0 Å². The van der Waals surface area contributed by atoms with Crippen LogP contribution < -0.4 is 10.6 Å². The van der Waals surface area contributed by atoms with Crippen LogP contribution in [0.25, 0.3) is 0 Å². The Balaban J connectivity index is 1.36. The first-order valence-electron chi connectivity index (χ1n) is 9.82. The van der Waals surface area contributed by atoms with Gasteiger partial charge in [0.25, 0.3) is 0 Å². The summed E-state index contributed by atoms with van der Waals surface area (Å²) in [4.78, 5) is 28.9. The molecule has 5 nitrogen and oxygen atoms in total. The second-order valence-electron chi connectivity index (χ2n) is 7.22. The van der Waals surface area contributed by atoms with E-state index in [2.05, 4.69) is 15.6 Å². The van der Waals surface area contributed by atoms with Crippen LogP contribution in [-0.2, 0) is 22.6 Å². The number of carbonyl (C=O) groups is 2. The van der Waals surface area contributed by atoms with Crippen LogP contribution in [0.15, 0.2) is 48.7 Å². The molecule has 28 heavy (non-hydrogen) atoms. The van der Waals surface area contributed by atoms with Gasteiger partial charge in [0.15, 0.2) is 0 Å². The van der Waals surface area contributed by atoms with E-state index < -0.39 is 0 Å². The van der Waals surface area contributed by atoms with E-state index in [1.807, 2.05) is 18.2 Å². The Hall–Kier alpha value is -2.76. The Morgan fingerprint density at radius 3 is 2.21 bits per heavy atom. The molecule has 0 unspecified atom stereocenters. The van der Waals surface area contributed by atoms with E-state index in [9.17, 15) is 14.0 Å². The third-order valence-corrected chi connectivity index (χ3v) is 5.29. The smallest absolute Gasteiger partial charge is 0.223 e. The lowest BCUT2D eigenvalue weighted by Crippen LogP contribution is -2.38. The van der Waals surface area contributed by atoms with Crippen LogP contribution in [-0.4, -0.2) is 23.3 Å². The summed E-state index contributed by atoms with van der Waals surface area (Å²) in [5, 5.41) is 5.84. The number of nitrogens with one attached hydrogen (secondary N) is 2. The monoisotopic (exact) mass is 383 g/mol. The highest BCUT2D eigenvalue weighted by Gasteiger charge is 2.29. The largest absolute Gasteiger partial charge is 0.356 e. The van der Waals surface area contributed by atoms with Crippen LogP contribution in [0.5, 0.6) is 0 Å². The van der Waals surface area contributed by atoms with Crippen molar-refractivity contribution < 1.29 is 14.0 Å². The molecule has 1 aromatic heterocycles. The molecule has 2 aromatic rings. The number of benzene rings is 1. The highest BCUT2D eigenvalue weighted by Crippen LogP contribution is 2.29. The SMILES string of the molecule is O=C(NCCc1ccccc1F)C1CCC(C(=O)NCc2ccccn2)CC1. The van der Waals surface area contributed by atoms with E-state index in [1.165, 1.54) is 6.07 Å². The van der Waals surface area contributed by atoms with Gasteiger partial charge in [0.1, 0.15) is 5.82 Å².